The number of fused-ring (bicyclic) bond motifs is 1. The Morgan fingerprint density at radius 1 is 1.47 bits per heavy atom. The largest absolute Gasteiger partial charge is 0.356 e. The Morgan fingerprint density at radius 2 is 2.21 bits per heavy atom. The number of rotatable bonds is 4. The summed E-state index contributed by atoms with van der Waals surface area (Å²) in [4.78, 5) is 29.9. The molecule has 0 bridgehead atoms. The van der Waals surface area contributed by atoms with Gasteiger partial charge in [-0.1, -0.05) is 0 Å². The predicted octanol–water partition coefficient (Wildman–Crippen LogP) is 1.60. The fourth-order valence-corrected chi connectivity index (χ4v) is 2.92. The molecule has 102 valence electrons. The van der Waals surface area contributed by atoms with Gasteiger partial charge in [-0.2, -0.15) is 0 Å². The first-order chi connectivity index (χ1) is 9.04. The highest BCUT2D eigenvalue weighted by atomic mass is 32.1. The van der Waals surface area contributed by atoms with Gasteiger partial charge < -0.3 is 5.32 Å². The maximum absolute atomic E-state index is 12.3. The van der Waals surface area contributed by atoms with Crippen molar-refractivity contribution in [3.63, 3.8) is 0 Å². The molecule has 0 unspecified atom stereocenters. The van der Waals surface area contributed by atoms with E-state index in [-0.39, 0.29) is 11.5 Å². The van der Waals surface area contributed by atoms with E-state index in [9.17, 15) is 9.59 Å². The van der Waals surface area contributed by atoms with Gasteiger partial charge >= 0.3 is 0 Å². The third kappa shape index (κ3) is 2.68. The molecule has 0 aliphatic heterocycles. The van der Waals surface area contributed by atoms with E-state index in [4.69, 9.17) is 0 Å². The summed E-state index contributed by atoms with van der Waals surface area (Å²) in [5.74, 6) is -0.0484. The second-order valence-electron chi connectivity index (χ2n) is 4.41. The lowest BCUT2D eigenvalue weighted by molar-refractivity contribution is -0.121. The predicted molar refractivity (Wildman–Crippen MR) is 76.7 cm³/mol. The molecule has 0 aromatic carbocycles. The minimum Gasteiger partial charge on any atom is -0.356 e. The van der Waals surface area contributed by atoms with Crippen molar-refractivity contribution in [2.45, 2.75) is 33.7 Å². The van der Waals surface area contributed by atoms with Crippen molar-refractivity contribution in [2.24, 2.45) is 0 Å². The Labute approximate surface area is 115 Å². The van der Waals surface area contributed by atoms with Crippen LogP contribution in [0.5, 0.6) is 0 Å². The van der Waals surface area contributed by atoms with Crippen LogP contribution in [0.25, 0.3) is 10.2 Å². The molecule has 0 aliphatic rings. The molecule has 2 heterocycles. The summed E-state index contributed by atoms with van der Waals surface area (Å²) in [6.45, 7) is 6.76. The van der Waals surface area contributed by atoms with Crippen molar-refractivity contribution in [1.29, 1.82) is 0 Å². The number of aryl methyl sites for hydroxylation is 3. The topological polar surface area (TPSA) is 64.0 Å². The van der Waals surface area contributed by atoms with Gasteiger partial charge in [-0.25, -0.2) is 4.98 Å². The number of carbonyl (C=O) groups is 1. The summed E-state index contributed by atoms with van der Waals surface area (Å²) in [5.41, 5.74) is 0.931. The molecule has 0 saturated carbocycles. The van der Waals surface area contributed by atoms with Crippen LogP contribution >= 0.6 is 11.3 Å². The average Bonchev–Trinajstić information content (AvgIpc) is 2.65. The molecule has 2 aromatic heterocycles. The third-order valence-electron chi connectivity index (χ3n) is 3.11. The molecule has 1 N–H and O–H groups in total. The quantitative estimate of drug-likeness (QED) is 0.924. The van der Waals surface area contributed by atoms with Crippen molar-refractivity contribution in [3.8, 4) is 0 Å². The highest BCUT2D eigenvalue weighted by Crippen LogP contribution is 2.25. The van der Waals surface area contributed by atoms with Crippen molar-refractivity contribution in [2.75, 3.05) is 6.54 Å². The monoisotopic (exact) mass is 279 g/mol. The van der Waals surface area contributed by atoms with E-state index >= 15 is 0 Å². The van der Waals surface area contributed by atoms with E-state index in [1.165, 1.54) is 22.2 Å². The van der Waals surface area contributed by atoms with Gasteiger partial charge in [-0.15, -0.1) is 11.3 Å². The van der Waals surface area contributed by atoms with Gasteiger partial charge in [0, 0.05) is 24.4 Å². The number of nitrogens with zero attached hydrogens (tertiary/aromatic N) is 2. The molecule has 0 radical (unpaired) electrons. The molecule has 2 rings (SSSR count). The highest BCUT2D eigenvalue weighted by molar-refractivity contribution is 7.18. The highest BCUT2D eigenvalue weighted by Gasteiger charge is 2.12. The molecule has 19 heavy (non-hydrogen) atoms. The smallest absolute Gasteiger partial charge is 0.262 e. The summed E-state index contributed by atoms with van der Waals surface area (Å²) in [6.07, 6.45) is 1.82. The maximum atomic E-state index is 12.3. The molecule has 5 nitrogen and oxygen atoms in total. The normalized spacial score (nSPS) is 10.9. The van der Waals surface area contributed by atoms with E-state index in [0.717, 1.165) is 15.3 Å². The van der Waals surface area contributed by atoms with Crippen molar-refractivity contribution < 1.29 is 4.79 Å². The van der Waals surface area contributed by atoms with Crippen LogP contribution in [0.3, 0.4) is 0 Å². The van der Waals surface area contributed by atoms with Crippen molar-refractivity contribution >= 4 is 27.5 Å². The molecule has 1 amide bonds. The van der Waals surface area contributed by atoms with Crippen LogP contribution in [-0.2, 0) is 11.3 Å². The van der Waals surface area contributed by atoms with Crippen molar-refractivity contribution in [1.82, 2.24) is 14.9 Å². The minimum atomic E-state index is -0.0591. The first-order valence-corrected chi connectivity index (χ1v) is 7.08. The maximum Gasteiger partial charge on any atom is 0.262 e. The summed E-state index contributed by atoms with van der Waals surface area (Å²) in [5, 5.41) is 3.40. The molecule has 6 heteroatoms. The van der Waals surface area contributed by atoms with Crippen LogP contribution in [-0.4, -0.2) is 22.0 Å². The Balaban J connectivity index is 2.30. The Morgan fingerprint density at radius 3 is 2.89 bits per heavy atom. The average molecular weight is 279 g/mol. The number of hydrogen-bond acceptors (Lipinski definition) is 4. The Bertz CT molecular complexity index is 672. The summed E-state index contributed by atoms with van der Waals surface area (Å²) >= 11 is 1.53. The zero-order valence-electron chi connectivity index (χ0n) is 11.3. The number of nitrogens with one attached hydrogen (secondary N) is 1. The van der Waals surface area contributed by atoms with Gasteiger partial charge in [0.05, 0.1) is 11.7 Å². The Kier molecular flexibility index (Phi) is 3.99. The first-order valence-electron chi connectivity index (χ1n) is 6.26. The Hall–Kier alpha value is -1.69. The van der Waals surface area contributed by atoms with E-state index < -0.39 is 0 Å². The van der Waals surface area contributed by atoms with E-state index in [0.29, 0.717) is 24.9 Å². The number of hydrogen-bond donors (Lipinski definition) is 1. The van der Waals surface area contributed by atoms with E-state index in [2.05, 4.69) is 10.3 Å². The number of carbonyl (C=O) groups excluding carboxylic acids is 1. The van der Waals surface area contributed by atoms with E-state index in [1.807, 2.05) is 20.8 Å². The van der Waals surface area contributed by atoms with Gasteiger partial charge in [0.15, 0.2) is 0 Å². The zero-order chi connectivity index (χ0) is 14.0. The first kappa shape index (κ1) is 13.7. The third-order valence-corrected chi connectivity index (χ3v) is 4.22. The van der Waals surface area contributed by atoms with Crippen LogP contribution < -0.4 is 10.9 Å². The molecule has 0 aliphatic carbocycles. The van der Waals surface area contributed by atoms with Crippen LogP contribution in [0.15, 0.2) is 11.1 Å². The van der Waals surface area contributed by atoms with E-state index in [1.54, 1.807) is 0 Å². The molecule has 2 aromatic rings. The minimum absolute atomic E-state index is 0.0484. The lowest BCUT2D eigenvalue weighted by Crippen LogP contribution is -2.27. The molecular formula is C13H17N3O2S. The van der Waals surface area contributed by atoms with Crippen LogP contribution in [0.1, 0.15) is 23.8 Å². The van der Waals surface area contributed by atoms with Gasteiger partial charge in [0.1, 0.15) is 4.83 Å². The summed E-state index contributed by atoms with van der Waals surface area (Å²) in [6, 6.07) is 0. The van der Waals surface area contributed by atoms with Crippen LogP contribution in [0.4, 0.5) is 0 Å². The SMILES string of the molecule is CCNC(=O)CCn1cnc2sc(C)c(C)c2c1=O. The molecule has 0 saturated heterocycles. The number of amides is 1. The van der Waals surface area contributed by atoms with Gasteiger partial charge in [-0.3, -0.25) is 14.2 Å². The van der Waals surface area contributed by atoms with Crippen LogP contribution in [0.2, 0.25) is 0 Å². The summed E-state index contributed by atoms with van der Waals surface area (Å²) < 4.78 is 1.51. The lowest BCUT2D eigenvalue weighted by atomic mass is 10.2. The standard InChI is InChI=1S/C13H17N3O2S/c1-4-14-10(17)5-6-16-7-15-12-11(13(16)18)8(2)9(3)19-12/h7H,4-6H2,1-3H3,(H,14,17). The second kappa shape index (κ2) is 5.52. The van der Waals surface area contributed by atoms with Gasteiger partial charge in [-0.05, 0) is 26.3 Å². The summed E-state index contributed by atoms with van der Waals surface area (Å²) in [7, 11) is 0. The molecule has 0 atom stereocenters. The fraction of sp³-hybridized carbons (Fsp3) is 0.462. The van der Waals surface area contributed by atoms with Gasteiger partial charge in [0.25, 0.3) is 5.56 Å². The van der Waals surface area contributed by atoms with Crippen LogP contribution in [0, 0.1) is 13.8 Å². The zero-order valence-corrected chi connectivity index (χ0v) is 12.1. The number of thiophene rings is 1. The number of aromatic nitrogens is 2. The van der Waals surface area contributed by atoms with Gasteiger partial charge in [0.2, 0.25) is 5.91 Å². The fourth-order valence-electron chi connectivity index (χ4n) is 1.94. The lowest BCUT2D eigenvalue weighted by Gasteiger charge is -2.05. The molecule has 0 spiro atoms. The second-order valence-corrected chi connectivity index (χ2v) is 5.61. The molecule has 0 fully saturated rings. The molecular weight excluding hydrogens is 262 g/mol. The van der Waals surface area contributed by atoms with Crippen molar-refractivity contribution in [3.05, 3.63) is 27.1 Å².